The first-order chi connectivity index (χ1) is 4.72. The number of quaternary nitrogens is 1. The second-order valence-corrected chi connectivity index (χ2v) is 3.31. The van der Waals surface area contributed by atoms with Gasteiger partial charge in [0.1, 0.15) is 0 Å². The van der Waals surface area contributed by atoms with Crippen LogP contribution in [0.1, 0.15) is 40.5 Å². The molecule has 0 fully saturated rings. The van der Waals surface area contributed by atoms with Crippen LogP contribution in [-0.4, -0.2) is 19.1 Å². The van der Waals surface area contributed by atoms with Gasteiger partial charge in [-0.05, 0) is 26.7 Å². The highest BCUT2D eigenvalue weighted by atomic mass is 15.1. The predicted octanol–water partition coefficient (Wildman–Crippen LogP) is 1.10. The van der Waals surface area contributed by atoms with Crippen LogP contribution in [0.15, 0.2) is 0 Å². The fraction of sp³-hybridized carbons (Fsp3) is 1.00. The summed E-state index contributed by atoms with van der Waals surface area (Å²) in [6.07, 6.45) is 2.63. The van der Waals surface area contributed by atoms with Crippen molar-refractivity contribution in [1.82, 2.24) is 0 Å². The second kappa shape index (κ2) is 5.72. The molecule has 1 heteroatoms. The summed E-state index contributed by atoms with van der Waals surface area (Å²) in [4.78, 5) is 1.75. The first-order valence-electron chi connectivity index (χ1n) is 4.56. The first kappa shape index (κ1) is 9.96. The SMILES string of the molecule is CCC[NH+](CCC)C(C)C. The van der Waals surface area contributed by atoms with E-state index in [0.717, 1.165) is 6.04 Å². The topological polar surface area (TPSA) is 4.44 Å². The Morgan fingerprint density at radius 1 is 1.00 bits per heavy atom. The second-order valence-electron chi connectivity index (χ2n) is 3.31. The van der Waals surface area contributed by atoms with E-state index in [1.165, 1.54) is 25.9 Å². The first-order valence-corrected chi connectivity index (χ1v) is 4.56. The van der Waals surface area contributed by atoms with Gasteiger partial charge < -0.3 is 4.90 Å². The summed E-state index contributed by atoms with van der Waals surface area (Å²) in [6.45, 7) is 11.8. The summed E-state index contributed by atoms with van der Waals surface area (Å²) < 4.78 is 0. The van der Waals surface area contributed by atoms with Gasteiger partial charge in [0.25, 0.3) is 0 Å². The minimum atomic E-state index is 0.805. The molecular weight excluding hydrogens is 122 g/mol. The van der Waals surface area contributed by atoms with E-state index in [2.05, 4.69) is 27.7 Å². The maximum atomic E-state index is 2.31. The smallest absolute Gasteiger partial charge is 0.0817 e. The minimum Gasteiger partial charge on any atom is -0.333 e. The Morgan fingerprint density at radius 3 is 1.60 bits per heavy atom. The third-order valence-electron chi connectivity index (χ3n) is 1.96. The molecule has 62 valence electrons. The Labute approximate surface area is 65.4 Å². The maximum absolute atomic E-state index is 2.31. The molecule has 0 saturated carbocycles. The van der Waals surface area contributed by atoms with Crippen LogP contribution >= 0.6 is 0 Å². The van der Waals surface area contributed by atoms with E-state index in [0.29, 0.717) is 0 Å². The zero-order valence-electron chi connectivity index (χ0n) is 7.91. The molecule has 0 saturated heterocycles. The van der Waals surface area contributed by atoms with Crippen LogP contribution in [0, 0.1) is 0 Å². The molecule has 0 unspecified atom stereocenters. The van der Waals surface area contributed by atoms with Gasteiger partial charge in [-0.3, -0.25) is 0 Å². The normalized spacial score (nSPS) is 11.4. The zero-order chi connectivity index (χ0) is 7.98. The molecule has 0 aliphatic heterocycles. The zero-order valence-corrected chi connectivity index (χ0v) is 7.91. The molecule has 0 atom stereocenters. The van der Waals surface area contributed by atoms with Crippen molar-refractivity contribution in [2.24, 2.45) is 0 Å². The number of rotatable bonds is 5. The third kappa shape index (κ3) is 3.89. The molecule has 0 rings (SSSR count). The van der Waals surface area contributed by atoms with Crippen molar-refractivity contribution in [3.8, 4) is 0 Å². The molecule has 0 bridgehead atoms. The summed E-state index contributed by atoms with van der Waals surface area (Å²) in [6, 6.07) is 0.805. The third-order valence-corrected chi connectivity index (χ3v) is 1.96. The van der Waals surface area contributed by atoms with E-state index in [-0.39, 0.29) is 0 Å². The highest BCUT2D eigenvalue weighted by molar-refractivity contribution is 4.35. The Morgan fingerprint density at radius 2 is 1.40 bits per heavy atom. The summed E-state index contributed by atoms with van der Waals surface area (Å²) in [5.74, 6) is 0. The van der Waals surface area contributed by atoms with Gasteiger partial charge in [-0.2, -0.15) is 0 Å². The highest BCUT2D eigenvalue weighted by Crippen LogP contribution is 1.74. The van der Waals surface area contributed by atoms with Gasteiger partial charge in [-0.15, -0.1) is 0 Å². The minimum absolute atomic E-state index is 0.805. The quantitative estimate of drug-likeness (QED) is 0.589. The molecular formula is C9H22N+. The van der Waals surface area contributed by atoms with Crippen LogP contribution in [0.25, 0.3) is 0 Å². The lowest BCUT2D eigenvalue weighted by Crippen LogP contribution is -3.14. The summed E-state index contributed by atoms with van der Waals surface area (Å²) in [7, 11) is 0. The van der Waals surface area contributed by atoms with Crippen molar-refractivity contribution in [1.29, 1.82) is 0 Å². The predicted molar refractivity (Wildman–Crippen MR) is 46.4 cm³/mol. The van der Waals surface area contributed by atoms with Gasteiger partial charge in [-0.25, -0.2) is 0 Å². The monoisotopic (exact) mass is 144 g/mol. The molecule has 0 radical (unpaired) electrons. The van der Waals surface area contributed by atoms with Crippen molar-refractivity contribution in [2.45, 2.75) is 46.6 Å². The van der Waals surface area contributed by atoms with E-state index in [1.54, 1.807) is 4.90 Å². The van der Waals surface area contributed by atoms with Crippen LogP contribution in [0.3, 0.4) is 0 Å². The summed E-state index contributed by atoms with van der Waals surface area (Å²) in [5.41, 5.74) is 0. The Bertz CT molecular complexity index is 63.1. The van der Waals surface area contributed by atoms with E-state index in [9.17, 15) is 0 Å². The average Bonchev–Trinajstić information content (AvgIpc) is 1.87. The molecule has 0 heterocycles. The molecule has 1 N–H and O–H groups in total. The largest absolute Gasteiger partial charge is 0.333 e. The van der Waals surface area contributed by atoms with Gasteiger partial charge in [-0.1, -0.05) is 13.8 Å². The van der Waals surface area contributed by atoms with Crippen molar-refractivity contribution >= 4 is 0 Å². The molecule has 0 aromatic heterocycles. The lowest BCUT2D eigenvalue weighted by Gasteiger charge is -2.21. The van der Waals surface area contributed by atoms with E-state index in [1.807, 2.05) is 0 Å². The molecule has 0 aliphatic carbocycles. The van der Waals surface area contributed by atoms with Gasteiger partial charge in [0.15, 0.2) is 0 Å². The van der Waals surface area contributed by atoms with Crippen molar-refractivity contribution in [3.05, 3.63) is 0 Å². The highest BCUT2D eigenvalue weighted by Gasteiger charge is 2.08. The van der Waals surface area contributed by atoms with Crippen molar-refractivity contribution in [2.75, 3.05) is 13.1 Å². The Kier molecular flexibility index (Phi) is 5.70. The molecule has 1 nitrogen and oxygen atoms in total. The summed E-state index contributed by atoms with van der Waals surface area (Å²) >= 11 is 0. The van der Waals surface area contributed by atoms with Gasteiger partial charge in [0, 0.05) is 0 Å². The van der Waals surface area contributed by atoms with E-state index < -0.39 is 0 Å². The molecule has 10 heavy (non-hydrogen) atoms. The molecule has 0 aromatic rings. The standard InChI is InChI=1S/C9H21N/c1-5-7-10(8-6-2)9(3)4/h9H,5-8H2,1-4H3/p+1. The van der Waals surface area contributed by atoms with E-state index >= 15 is 0 Å². The van der Waals surface area contributed by atoms with Gasteiger partial charge >= 0.3 is 0 Å². The molecule has 0 spiro atoms. The Hall–Kier alpha value is -0.0400. The van der Waals surface area contributed by atoms with Crippen molar-refractivity contribution < 1.29 is 4.90 Å². The van der Waals surface area contributed by atoms with Crippen LogP contribution in [0.5, 0.6) is 0 Å². The molecule has 0 aliphatic rings. The number of hydrogen-bond acceptors (Lipinski definition) is 0. The lowest BCUT2D eigenvalue weighted by atomic mass is 10.3. The average molecular weight is 144 g/mol. The van der Waals surface area contributed by atoms with Gasteiger partial charge in [0.05, 0.1) is 19.1 Å². The number of hydrogen-bond donors (Lipinski definition) is 1. The fourth-order valence-corrected chi connectivity index (χ4v) is 1.34. The van der Waals surface area contributed by atoms with Crippen LogP contribution in [-0.2, 0) is 0 Å². The lowest BCUT2D eigenvalue weighted by molar-refractivity contribution is -0.921. The summed E-state index contributed by atoms with van der Waals surface area (Å²) in [5, 5.41) is 0. The molecule has 0 aromatic carbocycles. The van der Waals surface area contributed by atoms with E-state index in [4.69, 9.17) is 0 Å². The van der Waals surface area contributed by atoms with Crippen LogP contribution in [0.4, 0.5) is 0 Å². The fourth-order valence-electron chi connectivity index (χ4n) is 1.34. The number of nitrogens with one attached hydrogen (secondary N) is 1. The maximum Gasteiger partial charge on any atom is 0.0817 e. The molecule has 0 amide bonds. The van der Waals surface area contributed by atoms with Crippen LogP contribution < -0.4 is 4.90 Å². The van der Waals surface area contributed by atoms with Crippen molar-refractivity contribution in [3.63, 3.8) is 0 Å². The van der Waals surface area contributed by atoms with Gasteiger partial charge in [0.2, 0.25) is 0 Å². The van der Waals surface area contributed by atoms with Crippen LogP contribution in [0.2, 0.25) is 0 Å². The Balaban J connectivity index is 3.50.